The van der Waals surface area contributed by atoms with Gasteiger partial charge in [-0.15, -0.1) is 11.3 Å². The van der Waals surface area contributed by atoms with E-state index in [1.165, 1.54) is 5.56 Å². The molecule has 26 heavy (non-hydrogen) atoms. The average Bonchev–Trinajstić information content (AvgIpc) is 3.09. The second-order valence-corrected chi connectivity index (χ2v) is 7.22. The van der Waals surface area contributed by atoms with Crippen LogP contribution in [-0.4, -0.2) is 17.5 Å². The molecule has 1 heterocycles. The van der Waals surface area contributed by atoms with E-state index in [4.69, 9.17) is 16.3 Å². The van der Waals surface area contributed by atoms with Crippen LogP contribution in [0.2, 0.25) is 5.02 Å². The number of nitrogens with zero attached hydrogens (tertiary/aromatic N) is 1. The summed E-state index contributed by atoms with van der Waals surface area (Å²) < 4.78 is 5.49. The number of hydrogen-bond donors (Lipinski definition) is 1. The molecule has 6 heteroatoms. The first-order valence-corrected chi connectivity index (χ1v) is 9.49. The number of aryl methyl sites for hydroxylation is 1. The van der Waals surface area contributed by atoms with Crippen molar-refractivity contribution in [2.45, 2.75) is 19.9 Å². The Kier molecular flexibility index (Phi) is 6.26. The highest BCUT2D eigenvalue weighted by molar-refractivity contribution is 7.09. The number of nitrogens with one attached hydrogen (secondary N) is 1. The van der Waals surface area contributed by atoms with Crippen LogP contribution in [0, 0.1) is 6.92 Å². The predicted octanol–water partition coefficient (Wildman–Crippen LogP) is 4.39. The Morgan fingerprint density at radius 2 is 2.04 bits per heavy atom. The molecule has 0 radical (unpaired) electrons. The van der Waals surface area contributed by atoms with Gasteiger partial charge in [-0.05, 0) is 36.2 Å². The number of benzene rings is 2. The van der Waals surface area contributed by atoms with Crippen LogP contribution in [0.5, 0.6) is 5.75 Å². The van der Waals surface area contributed by atoms with Crippen molar-refractivity contribution < 1.29 is 9.53 Å². The van der Waals surface area contributed by atoms with E-state index in [0.717, 1.165) is 22.7 Å². The van der Waals surface area contributed by atoms with Gasteiger partial charge in [-0.3, -0.25) is 4.79 Å². The Morgan fingerprint density at radius 1 is 1.23 bits per heavy atom. The van der Waals surface area contributed by atoms with Crippen molar-refractivity contribution in [3.05, 3.63) is 80.8 Å². The van der Waals surface area contributed by atoms with Crippen LogP contribution in [0.25, 0.3) is 0 Å². The summed E-state index contributed by atoms with van der Waals surface area (Å²) in [5.74, 6) is 0.441. The van der Waals surface area contributed by atoms with Gasteiger partial charge in [0.25, 0.3) is 5.91 Å². The number of rotatable bonds is 7. The predicted molar refractivity (Wildman–Crippen MR) is 105 cm³/mol. The highest BCUT2D eigenvalue weighted by Crippen LogP contribution is 2.21. The van der Waals surface area contributed by atoms with E-state index in [1.54, 1.807) is 23.5 Å². The van der Waals surface area contributed by atoms with Crippen molar-refractivity contribution in [1.82, 2.24) is 10.3 Å². The van der Waals surface area contributed by atoms with Crippen LogP contribution in [-0.2, 0) is 17.8 Å². The molecular weight excluding hydrogens is 368 g/mol. The van der Waals surface area contributed by atoms with Gasteiger partial charge in [-0.25, -0.2) is 4.98 Å². The van der Waals surface area contributed by atoms with Crippen LogP contribution in [0.15, 0.2) is 53.9 Å². The summed E-state index contributed by atoms with van der Waals surface area (Å²) >= 11 is 7.58. The second kappa shape index (κ2) is 8.83. The Hall–Kier alpha value is -2.37. The molecule has 0 saturated carbocycles. The third-order valence-corrected chi connectivity index (χ3v) is 5.09. The lowest BCUT2D eigenvalue weighted by Gasteiger charge is -2.08. The first-order chi connectivity index (χ1) is 12.6. The number of halogens is 1. The second-order valence-electron chi connectivity index (χ2n) is 5.87. The van der Waals surface area contributed by atoms with E-state index in [2.05, 4.69) is 22.4 Å². The van der Waals surface area contributed by atoms with Gasteiger partial charge in [0.1, 0.15) is 5.75 Å². The molecule has 0 atom stereocenters. The average molecular weight is 387 g/mol. The third kappa shape index (κ3) is 5.31. The maximum atomic E-state index is 12.0. The van der Waals surface area contributed by atoms with Crippen LogP contribution >= 0.6 is 22.9 Å². The zero-order valence-corrected chi connectivity index (χ0v) is 15.9. The van der Waals surface area contributed by atoms with Gasteiger partial charge in [0.05, 0.1) is 17.2 Å². The van der Waals surface area contributed by atoms with E-state index in [1.807, 2.05) is 36.6 Å². The lowest BCUT2D eigenvalue weighted by Crippen LogP contribution is -2.28. The van der Waals surface area contributed by atoms with Gasteiger partial charge in [-0.1, -0.05) is 41.9 Å². The van der Waals surface area contributed by atoms with Gasteiger partial charge in [0, 0.05) is 16.8 Å². The molecule has 3 aromatic rings. The molecule has 0 bridgehead atoms. The van der Waals surface area contributed by atoms with Gasteiger partial charge in [0.15, 0.2) is 6.61 Å². The normalized spacial score (nSPS) is 10.5. The summed E-state index contributed by atoms with van der Waals surface area (Å²) in [7, 11) is 0. The molecule has 2 aromatic carbocycles. The Balaban J connectivity index is 1.45. The Labute approximate surface area is 161 Å². The number of ether oxygens (including phenoxy) is 1. The minimum absolute atomic E-state index is 0.0396. The van der Waals surface area contributed by atoms with Crippen molar-refractivity contribution >= 4 is 28.8 Å². The maximum absolute atomic E-state index is 12.0. The number of carbonyl (C=O) groups excluding carboxylic acids is 1. The summed E-state index contributed by atoms with van der Waals surface area (Å²) in [5, 5.41) is 6.51. The van der Waals surface area contributed by atoms with E-state index in [9.17, 15) is 4.79 Å². The summed E-state index contributed by atoms with van der Waals surface area (Å²) in [6.07, 6.45) is 0.804. The fourth-order valence-electron chi connectivity index (χ4n) is 2.38. The van der Waals surface area contributed by atoms with Crippen molar-refractivity contribution in [1.29, 1.82) is 0 Å². The summed E-state index contributed by atoms with van der Waals surface area (Å²) in [5.41, 5.74) is 3.00. The molecule has 134 valence electrons. The number of thiazole rings is 1. The molecule has 0 unspecified atom stereocenters. The lowest BCUT2D eigenvalue weighted by molar-refractivity contribution is -0.123. The SMILES string of the molecule is Cc1cc(OCC(=O)NCc2csc(Cc3ccccc3)n2)ccc1Cl. The highest BCUT2D eigenvalue weighted by Gasteiger charge is 2.07. The Bertz CT molecular complexity index is 881. The van der Waals surface area contributed by atoms with Crippen molar-refractivity contribution in [3.63, 3.8) is 0 Å². The van der Waals surface area contributed by atoms with E-state index in [0.29, 0.717) is 17.3 Å². The fourth-order valence-corrected chi connectivity index (χ4v) is 3.32. The molecule has 1 N–H and O–H groups in total. The number of hydrogen-bond acceptors (Lipinski definition) is 4. The molecule has 1 amide bonds. The monoisotopic (exact) mass is 386 g/mol. The van der Waals surface area contributed by atoms with Crippen LogP contribution in [0.3, 0.4) is 0 Å². The van der Waals surface area contributed by atoms with E-state index in [-0.39, 0.29) is 12.5 Å². The number of carbonyl (C=O) groups is 1. The number of amides is 1. The molecule has 0 saturated heterocycles. The third-order valence-electron chi connectivity index (χ3n) is 3.76. The van der Waals surface area contributed by atoms with Gasteiger partial charge < -0.3 is 10.1 Å². The topological polar surface area (TPSA) is 51.2 Å². The molecule has 0 fully saturated rings. The largest absolute Gasteiger partial charge is 0.484 e. The van der Waals surface area contributed by atoms with Gasteiger partial charge in [-0.2, -0.15) is 0 Å². The Morgan fingerprint density at radius 3 is 2.81 bits per heavy atom. The summed E-state index contributed by atoms with van der Waals surface area (Å²) in [6.45, 7) is 2.25. The molecule has 0 aliphatic carbocycles. The quantitative estimate of drug-likeness (QED) is 0.655. The zero-order valence-electron chi connectivity index (χ0n) is 14.4. The maximum Gasteiger partial charge on any atom is 0.258 e. The van der Waals surface area contributed by atoms with E-state index >= 15 is 0 Å². The molecule has 0 aliphatic rings. The van der Waals surface area contributed by atoms with Gasteiger partial charge >= 0.3 is 0 Å². The minimum atomic E-state index is -0.185. The molecule has 3 rings (SSSR count). The molecule has 0 spiro atoms. The highest BCUT2D eigenvalue weighted by atomic mass is 35.5. The van der Waals surface area contributed by atoms with Crippen LogP contribution in [0.4, 0.5) is 0 Å². The smallest absolute Gasteiger partial charge is 0.258 e. The van der Waals surface area contributed by atoms with Crippen molar-refractivity contribution in [3.8, 4) is 5.75 Å². The first kappa shape index (κ1) is 18.4. The molecular formula is C20H19ClN2O2S. The lowest BCUT2D eigenvalue weighted by atomic mass is 10.2. The standard InChI is InChI=1S/C20H19ClN2O2S/c1-14-9-17(7-8-18(14)21)25-12-19(24)22-11-16-13-26-20(23-16)10-15-5-3-2-4-6-15/h2-9,13H,10-12H2,1H3,(H,22,24). The van der Waals surface area contributed by atoms with Crippen molar-refractivity contribution in [2.75, 3.05) is 6.61 Å². The number of aromatic nitrogens is 1. The summed E-state index contributed by atoms with van der Waals surface area (Å²) in [4.78, 5) is 16.5. The molecule has 0 aliphatic heterocycles. The summed E-state index contributed by atoms with van der Waals surface area (Å²) in [6, 6.07) is 15.5. The molecule has 1 aromatic heterocycles. The molecule has 4 nitrogen and oxygen atoms in total. The van der Waals surface area contributed by atoms with Gasteiger partial charge in [0.2, 0.25) is 0 Å². The van der Waals surface area contributed by atoms with E-state index < -0.39 is 0 Å². The van der Waals surface area contributed by atoms with Crippen molar-refractivity contribution in [2.24, 2.45) is 0 Å². The fraction of sp³-hybridized carbons (Fsp3) is 0.200. The minimum Gasteiger partial charge on any atom is -0.484 e. The van der Waals surface area contributed by atoms with Crippen LogP contribution < -0.4 is 10.1 Å². The zero-order chi connectivity index (χ0) is 18.4. The first-order valence-electron chi connectivity index (χ1n) is 8.23. The van der Waals surface area contributed by atoms with Crippen LogP contribution in [0.1, 0.15) is 21.8 Å².